The third-order valence-electron chi connectivity index (χ3n) is 2.54. The van der Waals surface area contributed by atoms with Crippen LogP contribution < -0.4 is 5.32 Å². The van der Waals surface area contributed by atoms with E-state index in [9.17, 15) is 8.78 Å². The van der Waals surface area contributed by atoms with Gasteiger partial charge in [0.25, 0.3) is 0 Å². The summed E-state index contributed by atoms with van der Waals surface area (Å²) in [6.07, 6.45) is -1.13. The molecule has 1 rings (SSSR count). The molecular weight excluding hydrogens is 186 g/mol. The maximum atomic E-state index is 12.0. The van der Waals surface area contributed by atoms with Crippen LogP contribution in [-0.4, -0.2) is 43.0 Å². The number of nitrogens with zero attached hydrogens (tertiary/aromatic N) is 1. The number of alkyl halides is 2. The van der Waals surface area contributed by atoms with Gasteiger partial charge in [0.2, 0.25) is 6.43 Å². The topological polar surface area (TPSA) is 15.3 Å². The van der Waals surface area contributed by atoms with Gasteiger partial charge in [0.1, 0.15) is 0 Å². The van der Waals surface area contributed by atoms with Gasteiger partial charge in [-0.15, -0.1) is 0 Å². The Hall–Kier alpha value is -0.220. The normalized spacial score (nSPS) is 23.8. The molecule has 0 unspecified atom stereocenters. The summed E-state index contributed by atoms with van der Waals surface area (Å²) in [5, 5.41) is 3.41. The van der Waals surface area contributed by atoms with Crippen LogP contribution in [0.15, 0.2) is 0 Å². The van der Waals surface area contributed by atoms with Crippen LogP contribution in [0.2, 0.25) is 0 Å². The molecule has 4 heteroatoms. The van der Waals surface area contributed by atoms with Gasteiger partial charge in [-0.3, -0.25) is 0 Å². The third-order valence-corrected chi connectivity index (χ3v) is 2.54. The highest BCUT2D eigenvalue weighted by Gasteiger charge is 2.23. The Morgan fingerprint density at radius 3 is 2.79 bits per heavy atom. The Balaban J connectivity index is 2.36. The molecule has 84 valence electrons. The van der Waals surface area contributed by atoms with Gasteiger partial charge < -0.3 is 10.2 Å². The summed E-state index contributed by atoms with van der Waals surface area (Å²) in [5.41, 5.74) is 0.0542. The van der Waals surface area contributed by atoms with Crippen molar-refractivity contribution >= 4 is 0 Å². The minimum absolute atomic E-state index is 0.00389. The van der Waals surface area contributed by atoms with Crippen molar-refractivity contribution in [3.8, 4) is 0 Å². The van der Waals surface area contributed by atoms with Gasteiger partial charge >= 0.3 is 0 Å². The number of nitrogens with one attached hydrogen (secondary N) is 1. The van der Waals surface area contributed by atoms with Crippen LogP contribution in [0.3, 0.4) is 0 Å². The lowest BCUT2D eigenvalue weighted by atomic mass is 10.1. The smallest absolute Gasteiger partial charge is 0.239 e. The van der Waals surface area contributed by atoms with Gasteiger partial charge in [0.05, 0.1) is 0 Å². The first kappa shape index (κ1) is 11.9. The molecule has 14 heavy (non-hydrogen) atoms. The molecule has 0 spiro atoms. The summed E-state index contributed by atoms with van der Waals surface area (Å²) in [6.45, 7) is 7.53. The highest BCUT2D eigenvalue weighted by molar-refractivity contribution is 4.84. The second-order valence-electron chi connectivity index (χ2n) is 4.62. The Kier molecular flexibility index (Phi) is 4.26. The van der Waals surface area contributed by atoms with Crippen molar-refractivity contribution in [3.05, 3.63) is 0 Å². The lowest BCUT2D eigenvalue weighted by Gasteiger charge is -2.29. The van der Waals surface area contributed by atoms with E-state index in [2.05, 4.69) is 24.1 Å². The van der Waals surface area contributed by atoms with Crippen LogP contribution in [0.1, 0.15) is 26.7 Å². The molecule has 0 aromatic heterocycles. The van der Waals surface area contributed by atoms with E-state index in [4.69, 9.17) is 0 Å². The molecule has 2 nitrogen and oxygen atoms in total. The van der Waals surface area contributed by atoms with Crippen molar-refractivity contribution in [2.45, 2.75) is 38.7 Å². The number of hydrogen-bond acceptors (Lipinski definition) is 2. The molecule has 1 fully saturated rings. The molecule has 0 bridgehead atoms. The fraction of sp³-hybridized carbons (Fsp3) is 1.00. The zero-order chi connectivity index (χ0) is 10.6. The molecule has 0 aromatic carbocycles. The largest absolute Gasteiger partial charge is 0.310 e. The average molecular weight is 206 g/mol. The predicted molar refractivity (Wildman–Crippen MR) is 53.8 cm³/mol. The van der Waals surface area contributed by atoms with Crippen molar-refractivity contribution in [2.24, 2.45) is 0 Å². The SMILES string of the molecule is CC1(C)CN(CCC(F)F)CCCN1. The van der Waals surface area contributed by atoms with E-state index in [0.29, 0.717) is 6.54 Å². The van der Waals surface area contributed by atoms with Crippen LogP contribution in [0.4, 0.5) is 8.78 Å². The molecule has 1 heterocycles. The van der Waals surface area contributed by atoms with Gasteiger partial charge in [0.15, 0.2) is 0 Å². The first-order valence-corrected chi connectivity index (χ1v) is 5.25. The molecule has 0 radical (unpaired) electrons. The highest BCUT2D eigenvalue weighted by atomic mass is 19.3. The zero-order valence-corrected chi connectivity index (χ0v) is 9.02. The van der Waals surface area contributed by atoms with Crippen molar-refractivity contribution in [1.82, 2.24) is 10.2 Å². The van der Waals surface area contributed by atoms with E-state index in [1.165, 1.54) is 0 Å². The fourth-order valence-corrected chi connectivity index (χ4v) is 1.89. The van der Waals surface area contributed by atoms with Crippen LogP contribution in [0.25, 0.3) is 0 Å². The van der Waals surface area contributed by atoms with Crippen molar-refractivity contribution in [3.63, 3.8) is 0 Å². The summed E-state index contributed by atoms with van der Waals surface area (Å²) >= 11 is 0. The summed E-state index contributed by atoms with van der Waals surface area (Å²) < 4.78 is 24.1. The predicted octanol–water partition coefficient (Wildman–Crippen LogP) is 1.72. The first-order chi connectivity index (χ1) is 6.49. The monoisotopic (exact) mass is 206 g/mol. The van der Waals surface area contributed by atoms with Crippen LogP contribution in [0, 0.1) is 0 Å². The second kappa shape index (κ2) is 5.03. The molecule has 0 atom stereocenters. The van der Waals surface area contributed by atoms with Crippen molar-refractivity contribution < 1.29 is 8.78 Å². The molecule has 0 amide bonds. The fourth-order valence-electron chi connectivity index (χ4n) is 1.89. The van der Waals surface area contributed by atoms with Gasteiger partial charge in [-0.25, -0.2) is 8.78 Å². The van der Waals surface area contributed by atoms with Crippen molar-refractivity contribution in [2.75, 3.05) is 26.2 Å². The van der Waals surface area contributed by atoms with Gasteiger partial charge in [-0.2, -0.15) is 0 Å². The lowest BCUT2D eigenvalue weighted by molar-refractivity contribution is 0.111. The summed E-state index contributed by atoms with van der Waals surface area (Å²) in [5.74, 6) is 0. The molecule has 0 aromatic rings. The van der Waals surface area contributed by atoms with Gasteiger partial charge in [0, 0.05) is 25.0 Å². The maximum Gasteiger partial charge on any atom is 0.239 e. The summed E-state index contributed by atoms with van der Waals surface area (Å²) in [7, 11) is 0. The molecule has 0 aliphatic carbocycles. The van der Waals surface area contributed by atoms with Gasteiger partial charge in [-0.1, -0.05) is 0 Å². The van der Waals surface area contributed by atoms with Crippen LogP contribution >= 0.6 is 0 Å². The van der Waals surface area contributed by atoms with Crippen molar-refractivity contribution in [1.29, 1.82) is 0 Å². The lowest BCUT2D eigenvalue weighted by Crippen LogP contribution is -2.46. The Morgan fingerprint density at radius 2 is 2.14 bits per heavy atom. The second-order valence-corrected chi connectivity index (χ2v) is 4.62. The van der Waals surface area contributed by atoms with Crippen LogP contribution in [-0.2, 0) is 0 Å². The van der Waals surface area contributed by atoms with E-state index in [1.807, 2.05) is 0 Å². The molecule has 1 N–H and O–H groups in total. The maximum absolute atomic E-state index is 12.0. The minimum Gasteiger partial charge on any atom is -0.310 e. The van der Waals surface area contributed by atoms with E-state index >= 15 is 0 Å². The van der Waals surface area contributed by atoms with E-state index in [0.717, 1.165) is 26.1 Å². The molecule has 1 aliphatic heterocycles. The number of rotatable bonds is 3. The van der Waals surface area contributed by atoms with E-state index < -0.39 is 6.43 Å². The molecule has 1 aliphatic rings. The molecule has 1 saturated heterocycles. The number of hydrogen-bond donors (Lipinski definition) is 1. The molecule has 0 saturated carbocycles. The zero-order valence-electron chi connectivity index (χ0n) is 9.02. The molecular formula is C10H20F2N2. The summed E-state index contributed by atoms with van der Waals surface area (Å²) in [4.78, 5) is 2.13. The van der Waals surface area contributed by atoms with Crippen LogP contribution in [0.5, 0.6) is 0 Å². The minimum atomic E-state index is -2.17. The quantitative estimate of drug-likeness (QED) is 0.756. The van der Waals surface area contributed by atoms with Gasteiger partial charge in [-0.05, 0) is 33.4 Å². The Labute approximate surface area is 84.7 Å². The standard InChI is InChI=1S/C10H20F2N2/c1-10(2)8-14(6-3-5-13-10)7-4-9(11)12/h9,13H,3-8H2,1-2H3. The average Bonchev–Trinajstić information content (AvgIpc) is 2.22. The first-order valence-electron chi connectivity index (χ1n) is 5.25. The Bertz CT molecular complexity index is 172. The summed E-state index contributed by atoms with van der Waals surface area (Å²) in [6, 6.07) is 0. The third kappa shape index (κ3) is 4.33. The Morgan fingerprint density at radius 1 is 1.43 bits per heavy atom. The van der Waals surface area contributed by atoms with E-state index in [1.54, 1.807) is 0 Å². The highest BCUT2D eigenvalue weighted by Crippen LogP contribution is 2.11. The number of halogens is 2. The van der Waals surface area contributed by atoms with E-state index in [-0.39, 0.29) is 12.0 Å².